The van der Waals surface area contributed by atoms with Crippen LogP contribution in [0.2, 0.25) is 0 Å². The monoisotopic (exact) mass is 420 g/mol. The lowest BCUT2D eigenvalue weighted by Crippen LogP contribution is -2.60. The molecule has 0 amide bonds. The molecular weight excluding hydrogens is 396 g/mol. The molecule has 6 N–H and O–H groups in total. The standard InChI is InChI=1S/C21H24O9/c22-10-16-18(26)19(27)20(28)21(30-16)29-15-3-1-2-13(24)17(15)14(25)9-6-11-4-7-12(23)8-5-11/h1-5,7-8,16,18-24,26-28H,6,9-10H2/t16-,18-,19+,20+,21-/m1/s1. The Balaban J connectivity index is 1.77. The lowest BCUT2D eigenvalue weighted by Gasteiger charge is -2.39. The summed E-state index contributed by atoms with van der Waals surface area (Å²) in [7, 11) is 0. The van der Waals surface area contributed by atoms with Crippen LogP contribution in [-0.4, -0.2) is 73.7 Å². The van der Waals surface area contributed by atoms with Gasteiger partial charge in [0.25, 0.3) is 0 Å². The summed E-state index contributed by atoms with van der Waals surface area (Å²) in [4.78, 5) is 12.8. The van der Waals surface area contributed by atoms with Crippen LogP contribution in [0.4, 0.5) is 0 Å². The number of Topliss-reactive ketones (excluding diaryl/α,β-unsaturated/α-hetero) is 1. The number of hydrogen-bond donors (Lipinski definition) is 6. The molecule has 9 nitrogen and oxygen atoms in total. The van der Waals surface area contributed by atoms with Crippen molar-refractivity contribution in [2.45, 2.75) is 43.5 Å². The topological polar surface area (TPSA) is 157 Å². The van der Waals surface area contributed by atoms with Crippen LogP contribution >= 0.6 is 0 Å². The molecule has 5 atom stereocenters. The highest BCUT2D eigenvalue weighted by atomic mass is 16.7. The van der Waals surface area contributed by atoms with Gasteiger partial charge in [0.1, 0.15) is 47.2 Å². The molecule has 1 heterocycles. The van der Waals surface area contributed by atoms with Gasteiger partial charge in [0.2, 0.25) is 6.29 Å². The number of hydrogen-bond acceptors (Lipinski definition) is 9. The molecular formula is C21H24O9. The van der Waals surface area contributed by atoms with Gasteiger partial charge in [0.05, 0.1) is 6.61 Å². The first-order valence-electron chi connectivity index (χ1n) is 9.42. The number of benzene rings is 2. The number of aryl methyl sites for hydroxylation is 1. The summed E-state index contributed by atoms with van der Waals surface area (Å²) in [6.07, 6.45) is -7.08. The Kier molecular flexibility index (Phi) is 6.91. The molecule has 1 fully saturated rings. The van der Waals surface area contributed by atoms with Gasteiger partial charge in [-0.3, -0.25) is 4.79 Å². The van der Waals surface area contributed by atoms with Crippen molar-refractivity contribution in [1.29, 1.82) is 0 Å². The van der Waals surface area contributed by atoms with E-state index in [1.807, 2.05) is 0 Å². The average molecular weight is 420 g/mol. The Bertz CT molecular complexity index is 865. The smallest absolute Gasteiger partial charge is 0.229 e. The predicted octanol–water partition coefficient (Wildman–Crippen LogP) is 0.0920. The average Bonchev–Trinajstić information content (AvgIpc) is 2.73. The van der Waals surface area contributed by atoms with Crippen LogP contribution in [0.25, 0.3) is 0 Å². The number of carbonyl (C=O) groups is 1. The molecule has 0 aliphatic carbocycles. The lowest BCUT2D eigenvalue weighted by molar-refractivity contribution is -0.277. The first-order chi connectivity index (χ1) is 14.3. The van der Waals surface area contributed by atoms with E-state index in [1.54, 1.807) is 12.1 Å². The summed E-state index contributed by atoms with van der Waals surface area (Å²) in [5.74, 6) is -0.718. The van der Waals surface area contributed by atoms with Crippen molar-refractivity contribution in [3.8, 4) is 17.2 Å². The number of phenols is 2. The summed E-state index contributed by atoms with van der Waals surface area (Å²) in [6.45, 7) is -0.622. The van der Waals surface area contributed by atoms with Gasteiger partial charge in [-0.05, 0) is 36.2 Å². The number of carbonyl (C=O) groups excluding carboxylic acids is 1. The van der Waals surface area contributed by atoms with Gasteiger partial charge in [-0.15, -0.1) is 0 Å². The van der Waals surface area contributed by atoms with Gasteiger partial charge in [0, 0.05) is 6.42 Å². The lowest BCUT2D eigenvalue weighted by atomic mass is 9.99. The van der Waals surface area contributed by atoms with Crippen molar-refractivity contribution in [1.82, 2.24) is 0 Å². The number of aromatic hydroxyl groups is 2. The number of ketones is 1. The van der Waals surface area contributed by atoms with Crippen molar-refractivity contribution in [3.05, 3.63) is 53.6 Å². The minimum absolute atomic E-state index is 0.0351. The summed E-state index contributed by atoms with van der Waals surface area (Å²) in [6, 6.07) is 10.5. The maximum atomic E-state index is 12.8. The van der Waals surface area contributed by atoms with Gasteiger partial charge < -0.3 is 40.1 Å². The van der Waals surface area contributed by atoms with Crippen molar-refractivity contribution in [3.63, 3.8) is 0 Å². The van der Waals surface area contributed by atoms with Crippen molar-refractivity contribution < 1.29 is 44.9 Å². The Morgan fingerprint density at radius 1 is 0.967 bits per heavy atom. The third kappa shape index (κ3) is 4.72. The van der Waals surface area contributed by atoms with Crippen LogP contribution in [0.1, 0.15) is 22.3 Å². The maximum absolute atomic E-state index is 12.8. The Morgan fingerprint density at radius 3 is 2.33 bits per heavy atom. The first kappa shape index (κ1) is 22.0. The quantitative estimate of drug-likeness (QED) is 0.342. The number of ether oxygens (including phenoxy) is 2. The van der Waals surface area contributed by atoms with Gasteiger partial charge >= 0.3 is 0 Å². The fourth-order valence-corrected chi connectivity index (χ4v) is 3.23. The van der Waals surface area contributed by atoms with Crippen molar-refractivity contribution in [2.75, 3.05) is 6.61 Å². The predicted molar refractivity (Wildman–Crippen MR) is 103 cm³/mol. The number of aliphatic hydroxyl groups excluding tert-OH is 4. The highest BCUT2D eigenvalue weighted by Crippen LogP contribution is 2.32. The van der Waals surface area contributed by atoms with Gasteiger partial charge in [-0.1, -0.05) is 18.2 Å². The van der Waals surface area contributed by atoms with Crippen LogP contribution in [-0.2, 0) is 11.2 Å². The minimum Gasteiger partial charge on any atom is -0.508 e. The third-order valence-corrected chi connectivity index (χ3v) is 4.95. The molecule has 2 aromatic carbocycles. The van der Waals surface area contributed by atoms with E-state index < -0.39 is 43.1 Å². The van der Waals surface area contributed by atoms with Crippen LogP contribution in [0, 0.1) is 0 Å². The van der Waals surface area contributed by atoms with E-state index in [-0.39, 0.29) is 29.2 Å². The zero-order valence-corrected chi connectivity index (χ0v) is 16.0. The molecule has 0 aromatic heterocycles. The molecule has 1 aliphatic rings. The molecule has 1 saturated heterocycles. The SMILES string of the molecule is O=C(CCc1ccc(O)cc1)c1c(O)cccc1O[C@@H]1O[C@H](CO)[C@@H](O)[C@H](O)[C@@H]1O. The van der Waals surface area contributed by atoms with Crippen molar-refractivity contribution in [2.24, 2.45) is 0 Å². The van der Waals surface area contributed by atoms with Crippen LogP contribution in [0.15, 0.2) is 42.5 Å². The minimum atomic E-state index is -1.65. The number of aliphatic hydroxyl groups is 4. The highest BCUT2D eigenvalue weighted by molar-refractivity contribution is 6.01. The second-order valence-corrected chi connectivity index (χ2v) is 7.06. The fourth-order valence-electron chi connectivity index (χ4n) is 3.23. The zero-order chi connectivity index (χ0) is 21.8. The zero-order valence-electron chi connectivity index (χ0n) is 16.0. The van der Waals surface area contributed by atoms with Crippen molar-refractivity contribution >= 4 is 5.78 Å². The van der Waals surface area contributed by atoms with E-state index >= 15 is 0 Å². The molecule has 0 saturated carbocycles. The number of phenolic OH excluding ortho intramolecular Hbond substituents is 2. The fraction of sp³-hybridized carbons (Fsp3) is 0.381. The van der Waals surface area contributed by atoms with Gasteiger partial charge in [0.15, 0.2) is 5.78 Å². The second kappa shape index (κ2) is 9.41. The number of rotatable bonds is 7. The third-order valence-electron chi connectivity index (χ3n) is 4.95. The highest BCUT2D eigenvalue weighted by Gasteiger charge is 2.45. The molecule has 162 valence electrons. The molecule has 0 spiro atoms. The molecule has 0 bridgehead atoms. The summed E-state index contributed by atoms with van der Waals surface area (Å²) < 4.78 is 10.9. The van der Waals surface area contributed by atoms with E-state index in [0.29, 0.717) is 6.42 Å². The van der Waals surface area contributed by atoms with E-state index in [0.717, 1.165) is 5.56 Å². The van der Waals surface area contributed by atoms with Crippen LogP contribution in [0.5, 0.6) is 17.2 Å². The van der Waals surface area contributed by atoms with E-state index in [9.17, 15) is 35.4 Å². The van der Waals surface area contributed by atoms with E-state index in [2.05, 4.69) is 0 Å². The molecule has 0 unspecified atom stereocenters. The molecule has 3 rings (SSSR count). The molecule has 2 aromatic rings. The van der Waals surface area contributed by atoms with Gasteiger partial charge in [-0.25, -0.2) is 0 Å². The van der Waals surface area contributed by atoms with Gasteiger partial charge in [-0.2, -0.15) is 0 Å². The second-order valence-electron chi connectivity index (χ2n) is 7.06. The molecule has 1 aliphatic heterocycles. The summed E-state index contributed by atoms with van der Waals surface area (Å²) in [5, 5.41) is 58.8. The molecule has 30 heavy (non-hydrogen) atoms. The largest absolute Gasteiger partial charge is 0.508 e. The van der Waals surface area contributed by atoms with Crippen LogP contribution in [0.3, 0.4) is 0 Å². The van der Waals surface area contributed by atoms with Crippen LogP contribution < -0.4 is 4.74 Å². The Morgan fingerprint density at radius 2 is 1.67 bits per heavy atom. The maximum Gasteiger partial charge on any atom is 0.229 e. The Hall–Kier alpha value is -2.69. The summed E-state index contributed by atoms with van der Waals surface area (Å²) in [5.41, 5.74) is 0.696. The first-order valence-corrected chi connectivity index (χ1v) is 9.42. The molecule has 9 heteroatoms. The van der Waals surface area contributed by atoms with E-state index in [1.165, 1.54) is 30.3 Å². The normalized spacial score (nSPS) is 26.3. The Labute approximate surface area is 172 Å². The molecule has 0 radical (unpaired) electrons. The van der Waals surface area contributed by atoms with E-state index in [4.69, 9.17) is 9.47 Å². The summed E-state index contributed by atoms with van der Waals surface area (Å²) >= 11 is 0.